The molecule has 2 nitrogen and oxygen atoms in total. The molecule has 2 rings (SSSR count). The van der Waals surface area contributed by atoms with E-state index in [9.17, 15) is 0 Å². The van der Waals surface area contributed by atoms with Crippen LogP contribution in [0.5, 0.6) is 0 Å². The van der Waals surface area contributed by atoms with Gasteiger partial charge in [-0.3, -0.25) is 0 Å². The number of benzene rings is 1. The molecule has 2 aromatic rings. The van der Waals surface area contributed by atoms with E-state index in [0.717, 1.165) is 18.1 Å². The summed E-state index contributed by atoms with van der Waals surface area (Å²) in [4.78, 5) is 0. The summed E-state index contributed by atoms with van der Waals surface area (Å²) in [7, 11) is 1.99. The monoisotopic (exact) mass is 292 g/mol. The molecule has 0 unspecified atom stereocenters. The van der Waals surface area contributed by atoms with E-state index in [1.807, 2.05) is 13.1 Å². The van der Waals surface area contributed by atoms with Crippen molar-refractivity contribution in [3.63, 3.8) is 0 Å². The van der Waals surface area contributed by atoms with Crippen molar-refractivity contribution < 1.29 is 0 Å². The fourth-order valence-corrected chi connectivity index (χ4v) is 2.91. The zero-order valence-corrected chi connectivity index (χ0v) is 13.3. The van der Waals surface area contributed by atoms with Crippen LogP contribution in [0, 0.1) is 0 Å². The Labute approximate surface area is 127 Å². The fraction of sp³-hybridized carbons (Fsp3) is 0.529. The van der Waals surface area contributed by atoms with E-state index in [4.69, 9.17) is 11.6 Å². The second-order valence-electron chi connectivity index (χ2n) is 5.45. The van der Waals surface area contributed by atoms with Crippen LogP contribution >= 0.6 is 11.6 Å². The Hall–Kier alpha value is -0.990. The third kappa shape index (κ3) is 3.77. The highest BCUT2D eigenvalue weighted by molar-refractivity contribution is 6.31. The Morgan fingerprint density at radius 2 is 1.95 bits per heavy atom. The van der Waals surface area contributed by atoms with Crippen LogP contribution in [0.2, 0.25) is 5.02 Å². The predicted molar refractivity (Wildman–Crippen MR) is 88.5 cm³/mol. The zero-order valence-electron chi connectivity index (χ0n) is 12.6. The standard InChI is InChI=1S/C17H25ClN2/c1-3-4-5-6-7-10-20-13-14(12-19-2)16-9-8-15(18)11-17(16)20/h8-9,11,13,19H,3-7,10,12H2,1-2H3. The minimum absolute atomic E-state index is 0.818. The molecule has 0 radical (unpaired) electrons. The van der Waals surface area contributed by atoms with Crippen molar-refractivity contribution >= 4 is 22.5 Å². The van der Waals surface area contributed by atoms with Crippen molar-refractivity contribution in [1.29, 1.82) is 0 Å². The number of aromatic nitrogens is 1. The molecule has 0 amide bonds. The first-order chi connectivity index (χ1) is 9.76. The molecule has 1 aromatic carbocycles. The van der Waals surface area contributed by atoms with E-state index >= 15 is 0 Å². The first-order valence-corrected chi connectivity index (χ1v) is 8.06. The third-order valence-electron chi connectivity index (χ3n) is 3.80. The maximum atomic E-state index is 6.15. The van der Waals surface area contributed by atoms with Crippen LogP contribution in [0.3, 0.4) is 0 Å². The third-order valence-corrected chi connectivity index (χ3v) is 4.03. The lowest BCUT2D eigenvalue weighted by atomic mass is 10.1. The summed E-state index contributed by atoms with van der Waals surface area (Å²) in [6, 6.07) is 6.20. The Balaban J connectivity index is 2.12. The van der Waals surface area contributed by atoms with Crippen LogP contribution in [0.4, 0.5) is 0 Å². The first kappa shape index (κ1) is 15.4. The molecule has 1 aromatic heterocycles. The van der Waals surface area contributed by atoms with E-state index in [1.54, 1.807) is 0 Å². The summed E-state index contributed by atoms with van der Waals surface area (Å²) < 4.78 is 2.36. The summed E-state index contributed by atoms with van der Waals surface area (Å²) >= 11 is 6.15. The number of rotatable bonds is 8. The Bertz CT molecular complexity index is 545. The predicted octanol–water partition coefficient (Wildman–Crippen LogP) is 4.98. The van der Waals surface area contributed by atoms with Crippen molar-refractivity contribution in [2.45, 2.75) is 52.1 Å². The van der Waals surface area contributed by atoms with Gasteiger partial charge in [0.1, 0.15) is 0 Å². The first-order valence-electron chi connectivity index (χ1n) is 7.68. The summed E-state index contributed by atoms with van der Waals surface area (Å²) in [5, 5.41) is 5.38. The summed E-state index contributed by atoms with van der Waals surface area (Å²) in [5.41, 5.74) is 2.62. The van der Waals surface area contributed by atoms with Gasteiger partial charge in [-0.05, 0) is 31.2 Å². The number of hydrogen-bond donors (Lipinski definition) is 1. The average Bonchev–Trinajstić information content (AvgIpc) is 2.77. The van der Waals surface area contributed by atoms with E-state index in [-0.39, 0.29) is 0 Å². The zero-order chi connectivity index (χ0) is 14.4. The number of halogens is 1. The van der Waals surface area contributed by atoms with Crippen LogP contribution < -0.4 is 5.32 Å². The molecule has 1 heterocycles. The van der Waals surface area contributed by atoms with Gasteiger partial charge in [0.25, 0.3) is 0 Å². The minimum atomic E-state index is 0.818. The molecular formula is C17H25ClN2. The fourth-order valence-electron chi connectivity index (χ4n) is 2.74. The van der Waals surface area contributed by atoms with Crippen molar-refractivity contribution in [2.24, 2.45) is 0 Å². The number of hydrogen-bond acceptors (Lipinski definition) is 1. The second-order valence-corrected chi connectivity index (χ2v) is 5.89. The van der Waals surface area contributed by atoms with Gasteiger partial charge < -0.3 is 9.88 Å². The van der Waals surface area contributed by atoms with Crippen molar-refractivity contribution in [3.05, 3.63) is 35.0 Å². The van der Waals surface area contributed by atoms with E-state index in [1.165, 1.54) is 48.6 Å². The number of aryl methyl sites for hydroxylation is 1. The smallest absolute Gasteiger partial charge is 0.0498 e. The molecular weight excluding hydrogens is 268 g/mol. The number of nitrogens with zero attached hydrogens (tertiary/aromatic N) is 1. The summed E-state index contributed by atoms with van der Waals surface area (Å²) in [6.45, 7) is 4.25. The SMILES string of the molecule is CCCCCCCn1cc(CNC)c2ccc(Cl)cc21. The molecule has 20 heavy (non-hydrogen) atoms. The van der Waals surface area contributed by atoms with E-state index in [2.05, 4.69) is 35.1 Å². The van der Waals surface area contributed by atoms with Gasteiger partial charge in [0.15, 0.2) is 0 Å². The van der Waals surface area contributed by atoms with Crippen molar-refractivity contribution in [1.82, 2.24) is 9.88 Å². The van der Waals surface area contributed by atoms with Crippen LogP contribution in [-0.2, 0) is 13.1 Å². The van der Waals surface area contributed by atoms with Gasteiger partial charge in [0, 0.05) is 35.2 Å². The van der Waals surface area contributed by atoms with Gasteiger partial charge >= 0.3 is 0 Å². The molecule has 0 saturated carbocycles. The summed E-state index contributed by atoms with van der Waals surface area (Å²) in [5.74, 6) is 0. The topological polar surface area (TPSA) is 17.0 Å². The molecule has 0 atom stereocenters. The maximum Gasteiger partial charge on any atom is 0.0498 e. The molecule has 0 aliphatic carbocycles. The quantitative estimate of drug-likeness (QED) is 0.679. The number of fused-ring (bicyclic) bond motifs is 1. The normalized spacial score (nSPS) is 11.3. The summed E-state index contributed by atoms with van der Waals surface area (Å²) in [6.07, 6.45) is 8.83. The second kappa shape index (κ2) is 7.70. The highest BCUT2D eigenvalue weighted by atomic mass is 35.5. The van der Waals surface area contributed by atoms with Gasteiger partial charge in [0.2, 0.25) is 0 Å². The highest BCUT2D eigenvalue weighted by Gasteiger charge is 2.08. The minimum Gasteiger partial charge on any atom is -0.347 e. The molecule has 0 saturated heterocycles. The van der Waals surface area contributed by atoms with Gasteiger partial charge in [-0.2, -0.15) is 0 Å². The van der Waals surface area contributed by atoms with Crippen LogP contribution in [0.15, 0.2) is 24.4 Å². The Morgan fingerprint density at radius 3 is 2.70 bits per heavy atom. The highest BCUT2D eigenvalue weighted by Crippen LogP contribution is 2.25. The van der Waals surface area contributed by atoms with Gasteiger partial charge in [0.05, 0.1) is 0 Å². The van der Waals surface area contributed by atoms with Crippen LogP contribution in [0.25, 0.3) is 10.9 Å². The van der Waals surface area contributed by atoms with E-state index < -0.39 is 0 Å². The lowest BCUT2D eigenvalue weighted by Gasteiger charge is -2.05. The molecule has 110 valence electrons. The van der Waals surface area contributed by atoms with E-state index in [0.29, 0.717) is 0 Å². The molecule has 0 aliphatic rings. The Kier molecular flexibility index (Phi) is 5.93. The van der Waals surface area contributed by atoms with Crippen molar-refractivity contribution in [3.8, 4) is 0 Å². The molecule has 1 N–H and O–H groups in total. The van der Waals surface area contributed by atoms with Gasteiger partial charge in [-0.25, -0.2) is 0 Å². The molecule has 3 heteroatoms. The number of nitrogens with one attached hydrogen (secondary N) is 1. The van der Waals surface area contributed by atoms with Crippen molar-refractivity contribution in [2.75, 3.05) is 7.05 Å². The number of unbranched alkanes of at least 4 members (excludes halogenated alkanes) is 4. The van der Waals surface area contributed by atoms with Gasteiger partial charge in [-0.15, -0.1) is 0 Å². The molecule has 0 aliphatic heterocycles. The van der Waals surface area contributed by atoms with Gasteiger partial charge in [-0.1, -0.05) is 50.3 Å². The van der Waals surface area contributed by atoms with Crippen LogP contribution in [0.1, 0.15) is 44.6 Å². The molecule has 0 spiro atoms. The van der Waals surface area contributed by atoms with Crippen LogP contribution in [-0.4, -0.2) is 11.6 Å². The lowest BCUT2D eigenvalue weighted by molar-refractivity contribution is 0.576. The molecule has 0 bridgehead atoms. The average molecular weight is 293 g/mol. The maximum absolute atomic E-state index is 6.15. The Morgan fingerprint density at radius 1 is 1.15 bits per heavy atom. The lowest BCUT2D eigenvalue weighted by Crippen LogP contribution is -2.04. The largest absolute Gasteiger partial charge is 0.347 e. The molecule has 0 fully saturated rings.